The van der Waals surface area contributed by atoms with Crippen LogP contribution < -0.4 is 0 Å². The first-order valence-electron chi connectivity index (χ1n) is 12.8. The average Bonchev–Trinajstić information content (AvgIpc) is 3.39. The summed E-state index contributed by atoms with van der Waals surface area (Å²) in [5.74, 6) is 0.000117. The summed E-state index contributed by atoms with van der Waals surface area (Å²) in [6.07, 6.45) is 8.17. The summed E-state index contributed by atoms with van der Waals surface area (Å²) in [5.41, 5.74) is 7.54. The van der Waals surface area contributed by atoms with Gasteiger partial charge < -0.3 is 9.30 Å². The van der Waals surface area contributed by atoms with Crippen molar-refractivity contribution in [1.82, 2.24) is 9.55 Å². The third kappa shape index (κ3) is 4.38. The first-order chi connectivity index (χ1) is 16.3. The Morgan fingerprint density at radius 2 is 1.97 bits per heavy atom. The van der Waals surface area contributed by atoms with Crippen LogP contribution in [0.4, 0.5) is 0 Å². The number of likely N-dealkylation sites (N-methyl/N-ethyl adjacent to an activating group) is 1. The molecule has 1 aromatic carbocycles. The third-order valence-corrected chi connectivity index (χ3v) is 8.17. The quantitative estimate of drug-likeness (QED) is 0.361. The summed E-state index contributed by atoms with van der Waals surface area (Å²) in [6.45, 7) is 9.58. The number of ether oxygens (including phenoxy) is 1. The van der Waals surface area contributed by atoms with Gasteiger partial charge in [0.25, 0.3) is 0 Å². The minimum atomic E-state index is -0.280. The van der Waals surface area contributed by atoms with Gasteiger partial charge in [-0.05, 0) is 63.8 Å². The fourth-order valence-electron chi connectivity index (χ4n) is 5.89. The summed E-state index contributed by atoms with van der Waals surface area (Å²) in [5, 5.41) is 1.36. The van der Waals surface area contributed by atoms with E-state index in [0.29, 0.717) is 6.73 Å². The number of aromatic nitrogens is 2. The molecule has 0 bridgehead atoms. The van der Waals surface area contributed by atoms with E-state index < -0.39 is 0 Å². The van der Waals surface area contributed by atoms with Gasteiger partial charge in [0.1, 0.15) is 6.54 Å². The fourth-order valence-corrected chi connectivity index (χ4v) is 5.89. The van der Waals surface area contributed by atoms with Crippen molar-refractivity contribution in [2.75, 3.05) is 20.3 Å². The second-order valence-electron chi connectivity index (χ2n) is 11.2. The molecule has 1 fully saturated rings. The molecule has 0 spiro atoms. The van der Waals surface area contributed by atoms with Crippen molar-refractivity contribution >= 4 is 16.9 Å². The van der Waals surface area contributed by atoms with E-state index in [0.717, 1.165) is 68.3 Å². The van der Waals surface area contributed by atoms with Crippen LogP contribution in [-0.2, 0) is 35.5 Å². The normalized spacial score (nSPS) is 21.5. The van der Waals surface area contributed by atoms with E-state index in [-0.39, 0.29) is 11.4 Å². The van der Waals surface area contributed by atoms with Crippen molar-refractivity contribution < 1.29 is 14.0 Å². The Kier molecular flexibility index (Phi) is 6.01. The molecule has 2 aliphatic rings. The largest absolute Gasteiger partial charge is 0.415 e. The minimum absolute atomic E-state index is 0.000117. The Bertz CT molecular complexity index is 1200. The lowest BCUT2D eigenvalue weighted by Gasteiger charge is -2.38. The van der Waals surface area contributed by atoms with Gasteiger partial charge in [-0.15, -0.1) is 0 Å². The molecule has 1 atom stereocenters. The van der Waals surface area contributed by atoms with Crippen LogP contribution in [0.1, 0.15) is 60.7 Å². The van der Waals surface area contributed by atoms with Crippen LogP contribution in [0.25, 0.3) is 10.9 Å². The van der Waals surface area contributed by atoms with Crippen molar-refractivity contribution in [2.45, 2.75) is 72.4 Å². The van der Waals surface area contributed by atoms with Crippen LogP contribution in [0.2, 0.25) is 0 Å². The van der Waals surface area contributed by atoms with E-state index in [1.54, 1.807) is 0 Å². The molecule has 2 aromatic heterocycles. The number of aryl methyl sites for hydroxylation is 4. The van der Waals surface area contributed by atoms with E-state index in [1.807, 2.05) is 13.1 Å². The first-order valence-corrected chi connectivity index (χ1v) is 12.8. The van der Waals surface area contributed by atoms with E-state index >= 15 is 0 Å². The van der Waals surface area contributed by atoms with E-state index in [1.165, 1.54) is 33.3 Å². The van der Waals surface area contributed by atoms with Gasteiger partial charge in [0.15, 0.2) is 0 Å². The highest BCUT2D eigenvalue weighted by atomic mass is 16.5. The van der Waals surface area contributed by atoms with Gasteiger partial charge in [-0.2, -0.15) is 0 Å². The lowest BCUT2D eigenvalue weighted by atomic mass is 9.89. The van der Waals surface area contributed by atoms with Crippen molar-refractivity contribution in [3.63, 3.8) is 0 Å². The molecule has 1 aliphatic carbocycles. The highest BCUT2D eigenvalue weighted by Gasteiger charge is 2.40. The number of quaternary nitrogens is 1. The van der Waals surface area contributed by atoms with Crippen molar-refractivity contribution in [3.8, 4) is 0 Å². The van der Waals surface area contributed by atoms with Crippen LogP contribution in [0, 0.1) is 19.3 Å². The summed E-state index contributed by atoms with van der Waals surface area (Å²) in [7, 11) is 2.24. The van der Waals surface area contributed by atoms with Crippen LogP contribution in [0.15, 0.2) is 36.5 Å². The zero-order chi connectivity index (χ0) is 23.9. The Morgan fingerprint density at radius 3 is 2.71 bits per heavy atom. The summed E-state index contributed by atoms with van der Waals surface area (Å²) >= 11 is 0. The second-order valence-corrected chi connectivity index (χ2v) is 11.2. The number of pyridine rings is 1. The first kappa shape index (κ1) is 23.1. The minimum Gasteiger partial charge on any atom is -0.415 e. The predicted molar refractivity (Wildman–Crippen MR) is 135 cm³/mol. The number of fused-ring (bicyclic) bond motifs is 3. The van der Waals surface area contributed by atoms with Gasteiger partial charge in [0.05, 0.1) is 19.0 Å². The molecule has 1 aliphatic heterocycles. The maximum Gasteiger partial charge on any atom is 0.316 e. The predicted octanol–water partition coefficient (Wildman–Crippen LogP) is 5.48. The molecule has 5 heteroatoms. The van der Waals surface area contributed by atoms with Crippen LogP contribution in [0.5, 0.6) is 0 Å². The maximum atomic E-state index is 12.9. The van der Waals surface area contributed by atoms with Gasteiger partial charge in [-0.25, -0.2) is 0 Å². The number of carbonyl (C=O) groups is 1. The van der Waals surface area contributed by atoms with Crippen LogP contribution in [0.3, 0.4) is 0 Å². The summed E-state index contributed by atoms with van der Waals surface area (Å²) < 4.78 is 9.24. The van der Waals surface area contributed by atoms with Crippen molar-refractivity contribution in [2.24, 2.45) is 5.41 Å². The zero-order valence-electron chi connectivity index (χ0n) is 21.2. The Balaban J connectivity index is 1.38. The smallest absolute Gasteiger partial charge is 0.316 e. The Labute approximate surface area is 203 Å². The van der Waals surface area contributed by atoms with Gasteiger partial charge in [-0.3, -0.25) is 14.3 Å². The maximum absolute atomic E-state index is 12.9. The van der Waals surface area contributed by atoms with Gasteiger partial charge in [0.2, 0.25) is 6.73 Å². The van der Waals surface area contributed by atoms with Gasteiger partial charge in [0, 0.05) is 47.0 Å². The number of benzene rings is 1. The molecule has 1 saturated carbocycles. The Hall–Kier alpha value is -2.66. The molecule has 34 heavy (non-hydrogen) atoms. The summed E-state index contributed by atoms with van der Waals surface area (Å²) in [6, 6.07) is 11.1. The topological polar surface area (TPSA) is 44.1 Å². The Morgan fingerprint density at radius 1 is 1.18 bits per heavy atom. The number of carbonyl (C=O) groups excluding carboxylic acids is 1. The summed E-state index contributed by atoms with van der Waals surface area (Å²) in [4.78, 5) is 17.3. The molecule has 0 radical (unpaired) electrons. The SMILES string of the molecule is Cc1ccc2c(c1)c1c(n2CCc2ccc(C)nc2)CC[N+](C)(COC(=O)C2(C)CCCC2)C1. The van der Waals surface area contributed by atoms with Gasteiger partial charge >= 0.3 is 5.97 Å². The molecule has 0 saturated heterocycles. The zero-order valence-corrected chi connectivity index (χ0v) is 21.2. The monoisotopic (exact) mass is 460 g/mol. The number of rotatable bonds is 6. The molecule has 0 amide bonds. The lowest BCUT2D eigenvalue weighted by molar-refractivity contribution is -0.940. The van der Waals surface area contributed by atoms with Crippen molar-refractivity contribution in [1.29, 1.82) is 0 Å². The molecule has 0 N–H and O–H groups in total. The van der Waals surface area contributed by atoms with Crippen LogP contribution in [-0.4, -0.2) is 40.3 Å². The van der Waals surface area contributed by atoms with Gasteiger partial charge in [-0.1, -0.05) is 30.5 Å². The molecule has 5 nitrogen and oxygen atoms in total. The molecular weight excluding hydrogens is 422 g/mol. The molecule has 3 aromatic rings. The second kappa shape index (κ2) is 8.84. The number of hydrogen-bond acceptors (Lipinski definition) is 3. The molecular formula is C29H38N3O2+. The number of nitrogens with zero attached hydrogens (tertiary/aromatic N) is 3. The van der Waals surface area contributed by atoms with E-state index in [2.05, 4.69) is 60.8 Å². The highest BCUT2D eigenvalue weighted by Crippen LogP contribution is 2.39. The highest BCUT2D eigenvalue weighted by molar-refractivity contribution is 5.86. The van der Waals surface area contributed by atoms with Crippen LogP contribution >= 0.6 is 0 Å². The molecule has 5 rings (SSSR count). The molecule has 1 unspecified atom stereocenters. The average molecular weight is 461 g/mol. The van der Waals surface area contributed by atoms with E-state index in [4.69, 9.17) is 4.74 Å². The standard InChI is InChI=1S/C29H38N3O2/c1-21-7-10-26-24(17-21)25-19-32(4,20-34-28(33)29(3)13-5-6-14-29)16-12-27(25)31(26)15-11-23-9-8-22(2)30-18-23/h7-10,17-18H,5-6,11-16,19-20H2,1-4H3/q+1. The van der Waals surface area contributed by atoms with E-state index in [9.17, 15) is 4.79 Å². The molecule has 3 heterocycles. The molecule has 180 valence electrons. The van der Waals surface area contributed by atoms with Crippen molar-refractivity contribution in [3.05, 3.63) is 64.6 Å². The number of hydrogen-bond donors (Lipinski definition) is 0. The number of esters is 1. The fraction of sp³-hybridized carbons (Fsp3) is 0.517. The lowest BCUT2D eigenvalue weighted by Crippen LogP contribution is -2.50. The third-order valence-electron chi connectivity index (χ3n) is 8.17.